The van der Waals surface area contributed by atoms with Crippen LogP contribution in [-0.4, -0.2) is 18.9 Å². The topological polar surface area (TPSA) is 3.24 Å². The van der Waals surface area contributed by atoms with Gasteiger partial charge in [-0.3, -0.25) is 0 Å². The van der Waals surface area contributed by atoms with Crippen LogP contribution in [-0.2, 0) is 6.42 Å². The molecule has 0 N–H and O–H groups in total. The minimum atomic E-state index is 1.01. The number of anilines is 1. The summed E-state index contributed by atoms with van der Waals surface area (Å²) < 4.78 is 0. The predicted octanol–water partition coefficient (Wildman–Crippen LogP) is 3.08. The van der Waals surface area contributed by atoms with Crippen molar-refractivity contribution in [2.45, 2.75) is 13.3 Å². The first-order chi connectivity index (χ1) is 6.27. The number of aryl methyl sites for hydroxylation is 1. The SMILES string of the molecule is CCc1ccc(N(C)CCBr)cc1. The van der Waals surface area contributed by atoms with Crippen LogP contribution in [0.1, 0.15) is 12.5 Å². The van der Waals surface area contributed by atoms with Crippen LogP contribution < -0.4 is 4.90 Å². The van der Waals surface area contributed by atoms with E-state index in [0.717, 1.165) is 18.3 Å². The van der Waals surface area contributed by atoms with E-state index in [9.17, 15) is 0 Å². The summed E-state index contributed by atoms with van der Waals surface area (Å²) in [6, 6.07) is 8.75. The van der Waals surface area contributed by atoms with Crippen LogP contribution in [0.15, 0.2) is 24.3 Å². The van der Waals surface area contributed by atoms with Gasteiger partial charge in [-0.05, 0) is 24.1 Å². The van der Waals surface area contributed by atoms with Gasteiger partial charge in [0, 0.05) is 24.6 Å². The van der Waals surface area contributed by atoms with Crippen molar-refractivity contribution < 1.29 is 0 Å². The second-order valence-corrected chi connectivity index (χ2v) is 3.92. The maximum absolute atomic E-state index is 3.43. The summed E-state index contributed by atoms with van der Waals surface area (Å²) in [6.07, 6.45) is 1.11. The van der Waals surface area contributed by atoms with Gasteiger partial charge in [-0.15, -0.1) is 0 Å². The Kier molecular flexibility index (Phi) is 4.29. The largest absolute Gasteiger partial charge is 0.374 e. The smallest absolute Gasteiger partial charge is 0.0364 e. The average Bonchev–Trinajstić information content (AvgIpc) is 2.18. The minimum Gasteiger partial charge on any atom is -0.374 e. The van der Waals surface area contributed by atoms with Gasteiger partial charge in [-0.25, -0.2) is 0 Å². The predicted molar refractivity (Wildman–Crippen MR) is 62.9 cm³/mol. The molecular weight excluding hydrogens is 226 g/mol. The van der Waals surface area contributed by atoms with E-state index in [-0.39, 0.29) is 0 Å². The number of halogens is 1. The normalized spacial score (nSPS) is 10.1. The van der Waals surface area contributed by atoms with Crippen molar-refractivity contribution in [2.75, 3.05) is 23.8 Å². The molecule has 0 aliphatic rings. The van der Waals surface area contributed by atoms with Crippen LogP contribution in [0.4, 0.5) is 5.69 Å². The molecule has 0 aromatic heterocycles. The quantitative estimate of drug-likeness (QED) is 0.733. The fourth-order valence-electron chi connectivity index (χ4n) is 1.24. The van der Waals surface area contributed by atoms with E-state index >= 15 is 0 Å². The molecule has 1 nitrogen and oxygen atoms in total. The molecule has 0 heterocycles. The number of hydrogen-bond acceptors (Lipinski definition) is 1. The Bertz CT molecular complexity index is 243. The summed E-state index contributed by atoms with van der Waals surface area (Å²) in [5.74, 6) is 0. The Labute approximate surface area is 88.9 Å². The van der Waals surface area contributed by atoms with E-state index in [1.54, 1.807) is 0 Å². The van der Waals surface area contributed by atoms with Crippen molar-refractivity contribution in [3.05, 3.63) is 29.8 Å². The third-order valence-electron chi connectivity index (χ3n) is 2.21. The molecule has 0 saturated heterocycles. The van der Waals surface area contributed by atoms with E-state index in [4.69, 9.17) is 0 Å². The van der Waals surface area contributed by atoms with Crippen molar-refractivity contribution in [3.63, 3.8) is 0 Å². The number of nitrogens with zero attached hydrogens (tertiary/aromatic N) is 1. The summed E-state index contributed by atoms with van der Waals surface area (Å²) in [4.78, 5) is 2.24. The Morgan fingerprint density at radius 3 is 2.31 bits per heavy atom. The molecule has 0 fully saturated rings. The molecule has 1 rings (SSSR count). The molecule has 0 atom stereocenters. The van der Waals surface area contributed by atoms with E-state index in [0.29, 0.717) is 0 Å². The third-order valence-corrected chi connectivity index (χ3v) is 2.56. The maximum atomic E-state index is 3.43. The summed E-state index contributed by atoms with van der Waals surface area (Å²) in [6.45, 7) is 3.22. The Morgan fingerprint density at radius 1 is 1.23 bits per heavy atom. The van der Waals surface area contributed by atoms with Crippen molar-refractivity contribution in [2.24, 2.45) is 0 Å². The van der Waals surface area contributed by atoms with Gasteiger partial charge in [0.1, 0.15) is 0 Å². The lowest BCUT2D eigenvalue weighted by atomic mass is 10.1. The monoisotopic (exact) mass is 241 g/mol. The molecule has 0 spiro atoms. The van der Waals surface area contributed by atoms with E-state index in [2.05, 4.69) is 59.1 Å². The second kappa shape index (κ2) is 5.28. The van der Waals surface area contributed by atoms with Gasteiger partial charge in [0.2, 0.25) is 0 Å². The van der Waals surface area contributed by atoms with Crippen LogP contribution in [0.2, 0.25) is 0 Å². The first kappa shape index (κ1) is 10.6. The molecule has 0 bridgehead atoms. The first-order valence-corrected chi connectivity index (χ1v) is 5.76. The molecule has 2 heteroatoms. The maximum Gasteiger partial charge on any atom is 0.0364 e. The number of alkyl halides is 1. The van der Waals surface area contributed by atoms with Crippen LogP contribution in [0.3, 0.4) is 0 Å². The van der Waals surface area contributed by atoms with E-state index < -0.39 is 0 Å². The second-order valence-electron chi connectivity index (χ2n) is 3.13. The molecule has 0 amide bonds. The fourth-order valence-corrected chi connectivity index (χ4v) is 1.77. The van der Waals surface area contributed by atoms with Gasteiger partial charge in [0.15, 0.2) is 0 Å². The van der Waals surface area contributed by atoms with Crippen molar-refractivity contribution >= 4 is 21.6 Å². The van der Waals surface area contributed by atoms with Crippen molar-refractivity contribution in [1.82, 2.24) is 0 Å². The van der Waals surface area contributed by atoms with Crippen LogP contribution in [0.5, 0.6) is 0 Å². The lowest BCUT2D eigenvalue weighted by Crippen LogP contribution is -2.19. The molecule has 13 heavy (non-hydrogen) atoms. The summed E-state index contributed by atoms with van der Waals surface area (Å²) >= 11 is 3.43. The van der Waals surface area contributed by atoms with E-state index in [1.807, 2.05) is 0 Å². The minimum absolute atomic E-state index is 1.01. The van der Waals surface area contributed by atoms with Crippen LogP contribution >= 0.6 is 15.9 Å². The van der Waals surface area contributed by atoms with Crippen molar-refractivity contribution in [3.8, 4) is 0 Å². The highest BCUT2D eigenvalue weighted by molar-refractivity contribution is 9.09. The Balaban J connectivity index is 2.67. The molecule has 0 aliphatic carbocycles. The number of rotatable bonds is 4. The molecule has 0 radical (unpaired) electrons. The van der Waals surface area contributed by atoms with Gasteiger partial charge in [0.05, 0.1) is 0 Å². The fraction of sp³-hybridized carbons (Fsp3) is 0.455. The zero-order valence-electron chi connectivity index (χ0n) is 8.26. The molecule has 0 saturated carbocycles. The van der Waals surface area contributed by atoms with Crippen LogP contribution in [0.25, 0.3) is 0 Å². The highest BCUT2D eigenvalue weighted by atomic mass is 79.9. The Hall–Kier alpha value is -0.500. The van der Waals surface area contributed by atoms with E-state index in [1.165, 1.54) is 11.3 Å². The lowest BCUT2D eigenvalue weighted by Gasteiger charge is -2.17. The highest BCUT2D eigenvalue weighted by Crippen LogP contribution is 2.13. The molecule has 0 aliphatic heterocycles. The number of hydrogen-bond donors (Lipinski definition) is 0. The van der Waals surface area contributed by atoms with Gasteiger partial charge >= 0.3 is 0 Å². The zero-order chi connectivity index (χ0) is 9.68. The zero-order valence-corrected chi connectivity index (χ0v) is 9.84. The summed E-state index contributed by atoms with van der Waals surface area (Å²) in [7, 11) is 2.11. The van der Waals surface area contributed by atoms with Crippen LogP contribution in [0, 0.1) is 0 Å². The Morgan fingerprint density at radius 2 is 1.85 bits per heavy atom. The van der Waals surface area contributed by atoms with Gasteiger partial charge in [0.25, 0.3) is 0 Å². The van der Waals surface area contributed by atoms with Gasteiger partial charge < -0.3 is 4.90 Å². The highest BCUT2D eigenvalue weighted by Gasteiger charge is 1.98. The standard InChI is InChI=1S/C11H16BrN/c1-3-10-4-6-11(7-5-10)13(2)9-8-12/h4-7H,3,8-9H2,1-2H3. The summed E-state index contributed by atoms with van der Waals surface area (Å²) in [5, 5.41) is 1.01. The third kappa shape index (κ3) is 3.03. The molecule has 0 unspecified atom stereocenters. The molecule has 1 aromatic rings. The molecular formula is C11H16BrN. The lowest BCUT2D eigenvalue weighted by molar-refractivity contribution is 0.980. The summed E-state index contributed by atoms with van der Waals surface area (Å²) in [5.41, 5.74) is 2.69. The van der Waals surface area contributed by atoms with Gasteiger partial charge in [-0.1, -0.05) is 35.0 Å². The number of benzene rings is 1. The van der Waals surface area contributed by atoms with Crippen molar-refractivity contribution in [1.29, 1.82) is 0 Å². The van der Waals surface area contributed by atoms with Gasteiger partial charge in [-0.2, -0.15) is 0 Å². The molecule has 72 valence electrons. The molecule has 1 aromatic carbocycles. The average molecular weight is 242 g/mol. The first-order valence-electron chi connectivity index (χ1n) is 4.64.